The Labute approximate surface area is 409 Å². The zero-order valence-corrected chi connectivity index (χ0v) is 42.9. The van der Waals surface area contributed by atoms with Crippen molar-refractivity contribution in [3.05, 3.63) is 36.5 Å². The molecule has 0 aliphatic carbocycles. The zero-order chi connectivity index (χ0) is 49.0. The number of ether oxygens (including phenoxy) is 2. The van der Waals surface area contributed by atoms with Gasteiger partial charge in [0, 0.05) is 0 Å². The lowest BCUT2D eigenvalue weighted by molar-refractivity contribution is -0.303. The molecule has 394 valence electrons. The van der Waals surface area contributed by atoms with Crippen LogP contribution in [0.2, 0.25) is 0 Å². The Morgan fingerprint density at radius 2 is 0.896 bits per heavy atom. The second-order valence-electron chi connectivity index (χ2n) is 19.6. The molecule has 9 unspecified atom stereocenters. The maximum atomic E-state index is 13.1. The van der Waals surface area contributed by atoms with Crippen LogP contribution in [0.3, 0.4) is 0 Å². The van der Waals surface area contributed by atoms with Crippen molar-refractivity contribution in [2.45, 2.75) is 300 Å². The monoisotopic (exact) mass is 952 g/mol. The van der Waals surface area contributed by atoms with E-state index in [9.17, 15) is 40.5 Å². The summed E-state index contributed by atoms with van der Waals surface area (Å²) >= 11 is 0. The van der Waals surface area contributed by atoms with Gasteiger partial charge in [-0.15, -0.1) is 0 Å². The van der Waals surface area contributed by atoms with Crippen molar-refractivity contribution in [2.24, 2.45) is 0 Å². The highest BCUT2D eigenvalue weighted by Crippen LogP contribution is 2.23. The summed E-state index contributed by atoms with van der Waals surface area (Å²) in [7, 11) is 0. The number of rotatable bonds is 47. The lowest BCUT2D eigenvalue weighted by Gasteiger charge is -2.40. The molecular formula is C56H105NO10. The fourth-order valence-electron chi connectivity index (χ4n) is 8.81. The largest absolute Gasteiger partial charge is 0.394 e. The maximum absolute atomic E-state index is 13.1. The summed E-state index contributed by atoms with van der Waals surface area (Å²) < 4.78 is 11.1. The Bertz CT molecular complexity index is 1180. The third-order valence-electron chi connectivity index (χ3n) is 13.4. The number of amides is 1. The highest BCUT2D eigenvalue weighted by atomic mass is 16.7. The van der Waals surface area contributed by atoms with Gasteiger partial charge in [0.1, 0.15) is 36.6 Å². The number of carbonyl (C=O) groups excluding carboxylic acids is 1. The maximum Gasteiger partial charge on any atom is 0.249 e. The Morgan fingerprint density at radius 1 is 0.507 bits per heavy atom. The van der Waals surface area contributed by atoms with Gasteiger partial charge in [0.15, 0.2) is 6.29 Å². The number of unbranched alkanes of at least 4 members (excludes halogenated alkanes) is 29. The molecule has 8 N–H and O–H groups in total. The molecule has 11 heteroatoms. The predicted molar refractivity (Wildman–Crippen MR) is 275 cm³/mol. The first-order chi connectivity index (χ1) is 32.7. The van der Waals surface area contributed by atoms with E-state index in [1.54, 1.807) is 0 Å². The predicted octanol–water partition coefficient (Wildman–Crippen LogP) is 11.1. The average Bonchev–Trinajstić information content (AvgIpc) is 3.33. The molecule has 1 aliphatic rings. The van der Waals surface area contributed by atoms with Crippen molar-refractivity contribution in [2.75, 3.05) is 13.2 Å². The fraction of sp³-hybridized carbons (Fsp3) is 0.875. The van der Waals surface area contributed by atoms with Crippen LogP contribution in [0.15, 0.2) is 36.5 Å². The molecule has 11 nitrogen and oxygen atoms in total. The summed E-state index contributed by atoms with van der Waals surface area (Å²) in [6, 6.07) is -1.20. The van der Waals surface area contributed by atoms with Gasteiger partial charge < -0.3 is 50.5 Å². The molecule has 1 heterocycles. The van der Waals surface area contributed by atoms with Gasteiger partial charge in [-0.2, -0.15) is 0 Å². The summed E-state index contributed by atoms with van der Waals surface area (Å²) in [5.74, 6) is -0.719. The summed E-state index contributed by atoms with van der Waals surface area (Å²) in [5.41, 5.74) is 0. The van der Waals surface area contributed by atoms with Crippen LogP contribution in [-0.4, -0.2) is 110 Å². The SMILES string of the molecule is CCCCCCCCC/C=C\CCCCCCC(O)C(=O)NC(COC1OC(CO)C(O)C(O)C1O)C(O)C(O)CCC/C=C/CC/C=C/CCCCCCCCCCCCCCCCCC. The highest BCUT2D eigenvalue weighted by molar-refractivity contribution is 5.80. The molecule has 0 saturated carbocycles. The molecule has 67 heavy (non-hydrogen) atoms. The fourth-order valence-corrected chi connectivity index (χ4v) is 8.81. The molecular weight excluding hydrogens is 847 g/mol. The van der Waals surface area contributed by atoms with Crippen LogP contribution in [0, 0.1) is 0 Å². The Balaban J connectivity index is 2.36. The molecule has 0 aromatic rings. The van der Waals surface area contributed by atoms with Gasteiger partial charge >= 0.3 is 0 Å². The van der Waals surface area contributed by atoms with E-state index in [4.69, 9.17) is 9.47 Å². The molecule has 0 bridgehead atoms. The summed E-state index contributed by atoms with van der Waals surface area (Å²) in [4.78, 5) is 13.1. The van der Waals surface area contributed by atoms with Crippen molar-refractivity contribution in [1.82, 2.24) is 5.32 Å². The minimum Gasteiger partial charge on any atom is -0.394 e. The van der Waals surface area contributed by atoms with Crippen molar-refractivity contribution >= 4 is 5.91 Å². The minimum absolute atomic E-state index is 0.237. The van der Waals surface area contributed by atoms with Crippen LogP contribution in [0.5, 0.6) is 0 Å². The van der Waals surface area contributed by atoms with Gasteiger partial charge in [-0.05, 0) is 77.0 Å². The second kappa shape index (κ2) is 45.5. The van der Waals surface area contributed by atoms with Crippen molar-refractivity contribution in [3.8, 4) is 0 Å². The van der Waals surface area contributed by atoms with Crippen LogP contribution >= 0.6 is 0 Å². The third-order valence-corrected chi connectivity index (χ3v) is 13.4. The van der Waals surface area contributed by atoms with E-state index >= 15 is 0 Å². The van der Waals surface area contributed by atoms with Gasteiger partial charge in [-0.25, -0.2) is 0 Å². The molecule has 9 atom stereocenters. The van der Waals surface area contributed by atoms with E-state index in [1.807, 2.05) is 0 Å². The molecule has 0 aromatic carbocycles. The number of carbonyl (C=O) groups is 1. The van der Waals surface area contributed by atoms with Crippen LogP contribution in [0.4, 0.5) is 0 Å². The van der Waals surface area contributed by atoms with Crippen LogP contribution < -0.4 is 5.32 Å². The number of aliphatic hydroxyl groups excluding tert-OH is 7. The molecule has 0 aromatic heterocycles. The van der Waals surface area contributed by atoms with E-state index in [0.29, 0.717) is 19.3 Å². The number of hydrogen-bond acceptors (Lipinski definition) is 10. The first-order valence-electron chi connectivity index (χ1n) is 27.9. The molecule has 1 rings (SSSR count). The van der Waals surface area contributed by atoms with E-state index in [-0.39, 0.29) is 12.8 Å². The topological polar surface area (TPSA) is 189 Å². The normalized spacial score (nSPS) is 20.9. The van der Waals surface area contributed by atoms with Crippen LogP contribution in [0.25, 0.3) is 0 Å². The molecule has 0 radical (unpaired) electrons. The zero-order valence-electron chi connectivity index (χ0n) is 42.9. The second-order valence-corrected chi connectivity index (χ2v) is 19.6. The molecule has 1 aliphatic heterocycles. The number of nitrogens with one attached hydrogen (secondary N) is 1. The summed E-state index contributed by atoms with van der Waals surface area (Å²) in [6.45, 7) is 3.43. The Morgan fingerprint density at radius 3 is 1.33 bits per heavy atom. The van der Waals surface area contributed by atoms with E-state index in [2.05, 4.69) is 55.6 Å². The average molecular weight is 952 g/mol. The Kier molecular flexibility index (Phi) is 43.0. The van der Waals surface area contributed by atoms with Crippen LogP contribution in [-0.2, 0) is 14.3 Å². The lowest BCUT2D eigenvalue weighted by atomic mass is 9.98. The first-order valence-corrected chi connectivity index (χ1v) is 27.9. The van der Waals surface area contributed by atoms with Crippen LogP contribution in [0.1, 0.15) is 245 Å². The van der Waals surface area contributed by atoms with Crippen molar-refractivity contribution < 1.29 is 50.0 Å². The standard InChI is InChI=1S/C56H105NO10/c1-3-5-7-9-11-13-15-17-19-20-21-22-23-24-25-26-27-28-30-31-33-35-37-39-41-43-48(59)51(61)47(46-66-56-54(64)53(63)52(62)50(45-58)67-56)57-55(65)49(60)44-42-40-38-36-34-32-29-18-16-14-12-10-8-6-4-2/h28-30,32,35,37,47-54,56,58-64H,3-27,31,33-34,36,38-46H2,1-2H3,(H,57,65)/b30-28+,32-29-,37-35+. The lowest BCUT2D eigenvalue weighted by Crippen LogP contribution is -2.60. The van der Waals surface area contributed by atoms with Gasteiger partial charge in [0.05, 0.1) is 25.4 Å². The van der Waals surface area contributed by atoms with E-state index in [0.717, 1.165) is 51.4 Å². The minimum atomic E-state index is -1.67. The number of allylic oxidation sites excluding steroid dienone is 6. The first kappa shape index (κ1) is 63.3. The van der Waals surface area contributed by atoms with E-state index in [1.165, 1.54) is 148 Å². The van der Waals surface area contributed by atoms with Crippen molar-refractivity contribution in [1.29, 1.82) is 0 Å². The van der Waals surface area contributed by atoms with Crippen molar-refractivity contribution in [3.63, 3.8) is 0 Å². The van der Waals surface area contributed by atoms with Gasteiger partial charge in [-0.1, -0.05) is 204 Å². The third kappa shape index (κ3) is 34.3. The molecule has 1 amide bonds. The number of aliphatic hydroxyl groups is 7. The van der Waals surface area contributed by atoms with Gasteiger partial charge in [0.2, 0.25) is 5.91 Å². The van der Waals surface area contributed by atoms with Gasteiger partial charge in [-0.3, -0.25) is 4.79 Å². The molecule has 0 spiro atoms. The van der Waals surface area contributed by atoms with E-state index < -0.39 is 74.2 Å². The smallest absolute Gasteiger partial charge is 0.249 e. The highest BCUT2D eigenvalue weighted by Gasteiger charge is 2.44. The summed E-state index contributed by atoms with van der Waals surface area (Å²) in [5, 5.41) is 75.9. The van der Waals surface area contributed by atoms with Gasteiger partial charge in [0.25, 0.3) is 0 Å². The summed E-state index contributed by atoms with van der Waals surface area (Å²) in [6.07, 6.45) is 43.5. The quantitative estimate of drug-likeness (QED) is 0.0215. The number of hydrogen-bond donors (Lipinski definition) is 8. The molecule has 1 fully saturated rings. The molecule has 1 saturated heterocycles. The Hall–Kier alpha value is -1.67.